The third-order valence-electron chi connectivity index (χ3n) is 3.61. The minimum Gasteiger partial charge on any atom is -0.313 e. The lowest BCUT2D eigenvalue weighted by molar-refractivity contribution is 0.592. The molecule has 0 fully saturated rings. The standard InChI is InChI=1S/C17H19Cl2N/c1-3-12-7-9-13(10-8-12)17(20-2)11-14-15(18)5-4-6-16(14)19/h4-10,17,20H,3,11H2,1-2H3. The third kappa shape index (κ3) is 3.54. The lowest BCUT2D eigenvalue weighted by Gasteiger charge is -2.18. The van der Waals surface area contributed by atoms with Gasteiger partial charge in [-0.3, -0.25) is 0 Å². The van der Waals surface area contributed by atoms with E-state index in [0.29, 0.717) is 0 Å². The minimum absolute atomic E-state index is 0.207. The second kappa shape index (κ2) is 7.12. The number of likely N-dealkylation sites (N-methyl/N-ethyl adjacent to an activating group) is 1. The molecule has 0 saturated carbocycles. The molecule has 2 aromatic carbocycles. The Morgan fingerprint density at radius 1 is 1.00 bits per heavy atom. The molecule has 2 aromatic rings. The fourth-order valence-corrected chi connectivity index (χ4v) is 2.86. The summed E-state index contributed by atoms with van der Waals surface area (Å²) in [4.78, 5) is 0. The Kier molecular flexibility index (Phi) is 5.47. The molecule has 0 aliphatic rings. The highest BCUT2D eigenvalue weighted by Gasteiger charge is 2.14. The molecule has 0 amide bonds. The molecule has 1 nitrogen and oxygen atoms in total. The van der Waals surface area contributed by atoms with Crippen LogP contribution in [0.4, 0.5) is 0 Å². The van der Waals surface area contributed by atoms with Gasteiger partial charge in [0.2, 0.25) is 0 Å². The Hall–Kier alpha value is -1.02. The monoisotopic (exact) mass is 307 g/mol. The van der Waals surface area contributed by atoms with E-state index in [9.17, 15) is 0 Å². The van der Waals surface area contributed by atoms with E-state index in [1.54, 1.807) is 0 Å². The van der Waals surface area contributed by atoms with Gasteiger partial charge in [-0.25, -0.2) is 0 Å². The van der Waals surface area contributed by atoms with E-state index in [0.717, 1.165) is 28.5 Å². The van der Waals surface area contributed by atoms with Crippen molar-refractivity contribution in [3.8, 4) is 0 Å². The molecule has 1 N–H and O–H groups in total. The molecule has 0 spiro atoms. The predicted molar refractivity (Wildman–Crippen MR) is 87.8 cm³/mol. The molecule has 1 atom stereocenters. The summed E-state index contributed by atoms with van der Waals surface area (Å²) in [6.07, 6.45) is 1.83. The van der Waals surface area contributed by atoms with Crippen molar-refractivity contribution in [3.05, 3.63) is 69.2 Å². The van der Waals surface area contributed by atoms with Gasteiger partial charge < -0.3 is 5.32 Å². The second-order valence-corrected chi connectivity index (χ2v) is 5.66. The summed E-state index contributed by atoms with van der Waals surface area (Å²) in [6.45, 7) is 2.16. The zero-order valence-corrected chi connectivity index (χ0v) is 13.3. The Morgan fingerprint density at radius 2 is 1.60 bits per heavy atom. The van der Waals surface area contributed by atoms with Crippen LogP contribution in [-0.2, 0) is 12.8 Å². The van der Waals surface area contributed by atoms with Gasteiger partial charge in [-0.2, -0.15) is 0 Å². The van der Waals surface area contributed by atoms with E-state index >= 15 is 0 Å². The number of hydrogen-bond acceptors (Lipinski definition) is 1. The molecular weight excluding hydrogens is 289 g/mol. The zero-order valence-electron chi connectivity index (χ0n) is 11.8. The predicted octanol–water partition coefficient (Wildman–Crippen LogP) is 5.06. The summed E-state index contributed by atoms with van der Waals surface area (Å²) in [5.74, 6) is 0. The Bertz CT molecular complexity index is 543. The number of rotatable bonds is 5. The fourth-order valence-electron chi connectivity index (χ4n) is 2.30. The topological polar surface area (TPSA) is 12.0 Å². The van der Waals surface area contributed by atoms with Crippen molar-refractivity contribution in [3.63, 3.8) is 0 Å². The van der Waals surface area contributed by atoms with Crippen molar-refractivity contribution in [1.82, 2.24) is 5.32 Å². The zero-order chi connectivity index (χ0) is 14.5. The first kappa shape index (κ1) is 15.4. The van der Waals surface area contributed by atoms with Crippen molar-refractivity contribution >= 4 is 23.2 Å². The number of aryl methyl sites for hydroxylation is 1. The summed E-state index contributed by atoms with van der Waals surface area (Å²) in [6, 6.07) is 14.5. The molecule has 0 radical (unpaired) electrons. The highest BCUT2D eigenvalue weighted by molar-refractivity contribution is 6.36. The molecule has 0 bridgehead atoms. The number of hydrogen-bond donors (Lipinski definition) is 1. The molecule has 0 aliphatic heterocycles. The van der Waals surface area contributed by atoms with Crippen LogP contribution in [0.3, 0.4) is 0 Å². The summed E-state index contributed by atoms with van der Waals surface area (Å²) in [5.41, 5.74) is 3.59. The van der Waals surface area contributed by atoms with Gasteiger partial charge in [-0.05, 0) is 48.7 Å². The fraction of sp³-hybridized carbons (Fsp3) is 0.294. The average Bonchev–Trinajstić information content (AvgIpc) is 2.47. The lowest BCUT2D eigenvalue weighted by Crippen LogP contribution is -2.19. The van der Waals surface area contributed by atoms with Crippen molar-refractivity contribution in [2.75, 3.05) is 7.05 Å². The normalized spacial score (nSPS) is 12.4. The first-order chi connectivity index (χ1) is 9.65. The van der Waals surface area contributed by atoms with Crippen molar-refractivity contribution in [1.29, 1.82) is 0 Å². The molecule has 1 unspecified atom stereocenters. The number of halogens is 2. The minimum atomic E-state index is 0.207. The molecular formula is C17H19Cl2N. The molecule has 3 heteroatoms. The van der Waals surface area contributed by atoms with Gasteiger partial charge in [0.05, 0.1) is 0 Å². The quantitative estimate of drug-likeness (QED) is 0.814. The van der Waals surface area contributed by atoms with Crippen LogP contribution in [0.5, 0.6) is 0 Å². The summed E-state index contributed by atoms with van der Waals surface area (Å²) >= 11 is 12.5. The summed E-state index contributed by atoms with van der Waals surface area (Å²) < 4.78 is 0. The van der Waals surface area contributed by atoms with Crippen molar-refractivity contribution in [2.45, 2.75) is 25.8 Å². The molecule has 0 saturated heterocycles. The highest BCUT2D eigenvalue weighted by Crippen LogP contribution is 2.29. The number of nitrogens with one attached hydrogen (secondary N) is 1. The van der Waals surface area contributed by atoms with E-state index in [-0.39, 0.29) is 6.04 Å². The van der Waals surface area contributed by atoms with Gasteiger partial charge in [-0.1, -0.05) is 60.5 Å². The maximum atomic E-state index is 6.25. The van der Waals surface area contributed by atoms with Gasteiger partial charge >= 0.3 is 0 Å². The average molecular weight is 308 g/mol. The summed E-state index contributed by atoms with van der Waals surface area (Å²) in [7, 11) is 1.96. The Morgan fingerprint density at radius 3 is 2.10 bits per heavy atom. The third-order valence-corrected chi connectivity index (χ3v) is 4.32. The van der Waals surface area contributed by atoms with E-state index < -0.39 is 0 Å². The lowest BCUT2D eigenvalue weighted by atomic mass is 9.97. The van der Waals surface area contributed by atoms with E-state index in [1.807, 2.05) is 25.2 Å². The Labute approximate surface area is 130 Å². The van der Waals surface area contributed by atoms with Crippen LogP contribution < -0.4 is 5.32 Å². The smallest absolute Gasteiger partial charge is 0.0453 e. The molecule has 0 aromatic heterocycles. The van der Waals surface area contributed by atoms with Crippen molar-refractivity contribution < 1.29 is 0 Å². The van der Waals surface area contributed by atoms with Gasteiger partial charge in [-0.15, -0.1) is 0 Å². The van der Waals surface area contributed by atoms with Crippen LogP contribution in [0.2, 0.25) is 10.0 Å². The molecule has 2 rings (SSSR count). The summed E-state index contributed by atoms with van der Waals surface area (Å²) in [5, 5.41) is 4.79. The largest absolute Gasteiger partial charge is 0.313 e. The second-order valence-electron chi connectivity index (χ2n) is 4.84. The van der Waals surface area contributed by atoms with Gasteiger partial charge in [0, 0.05) is 16.1 Å². The van der Waals surface area contributed by atoms with Crippen LogP contribution in [0.1, 0.15) is 29.7 Å². The molecule has 106 valence electrons. The molecule has 20 heavy (non-hydrogen) atoms. The van der Waals surface area contributed by atoms with Crippen LogP contribution in [0.15, 0.2) is 42.5 Å². The van der Waals surface area contributed by atoms with E-state index in [1.165, 1.54) is 11.1 Å². The SMILES string of the molecule is CCc1ccc(C(Cc2c(Cl)cccc2Cl)NC)cc1. The number of benzene rings is 2. The highest BCUT2D eigenvalue weighted by atomic mass is 35.5. The van der Waals surface area contributed by atoms with Crippen LogP contribution in [0.25, 0.3) is 0 Å². The Balaban J connectivity index is 2.24. The first-order valence-corrected chi connectivity index (χ1v) is 7.60. The van der Waals surface area contributed by atoms with Crippen LogP contribution in [-0.4, -0.2) is 7.05 Å². The van der Waals surface area contributed by atoms with E-state index in [4.69, 9.17) is 23.2 Å². The van der Waals surface area contributed by atoms with Gasteiger partial charge in [0.1, 0.15) is 0 Å². The molecule has 0 heterocycles. The van der Waals surface area contributed by atoms with Crippen LogP contribution >= 0.6 is 23.2 Å². The molecule has 0 aliphatic carbocycles. The van der Waals surface area contributed by atoms with Crippen LogP contribution in [0, 0.1) is 0 Å². The van der Waals surface area contributed by atoms with E-state index in [2.05, 4.69) is 36.5 Å². The first-order valence-electron chi connectivity index (χ1n) is 6.84. The van der Waals surface area contributed by atoms with Gasteiger partial charge in [0.15, 0.2) is 0 Å². The maximum Gasteiger partial charge on any atom is 0.0453 e. The van der Waals surface area contributed by atoms with Gasteiger partial charge in [0.25, 0.3) is 0 Å². The van der Waals surface area contributed by atoms with Crippen molar-refractivity contribution in [2.24, 2.45) is 0 Å². The maximum absolute atomic E-state index is 6.25.